The molecule has 32 heavy (non-hydrogen) atoms. The molecule has 8 heteroatoms. The summed E-state index contributed by atoms with van der Waals surface area (Å²) in [5, 5.41) is 2.90. The lowest BCUT2D eigenvalue weighted by Crippen LogP contribution is -2.43. The van der Waals surface area contributed by atoms with E-state index in [1.54, 1.807) is 11.1 Å². The first-order valence-electron chi connectivity index (χ1n) is 10.2. The fourth-order valence-corrected chi connectivity index (χ4v) is 3.88. The molecule has 5 nitrogen and oxygen atoms in total. The molecule has 0 radical (unpaired) electrons. The summed E-state index contributed by atoms with van der Waals surface area (Å²) in [7, 11) is 3.86. The smallest absolute Gasteiger partial charge is 0.378 e. The van der Waals surface area contributed by atoms with Gasteiger partial charge in [-0.05, 0) is 60.0 Å². The van der Waals surface area contributed by atoms with E-state index in [0.717, 1.165) is 23.4 Å². The normalized spacial score (nSPS) is 15.8. The number of alkyl halides is 3. The third-order valence-electron chi connectivity index (χ3n) is 5.57. The number of anilines is 2. The van der Waals surface area contributed by atoms with Gasteiger partial charge in [0, 0.05) is 38.2 Å². The molecule has 2 aromatic carbocycles. The van der Waals surface area contributed by atoms with Crippen molar-refractivity contribution in [1.29, 1.82) is 0 Å². The summed E-state index contributed by atoms with van der Waals surface area (Å²) in [4.78, 5) is 21.3. The second kappa shape index (κ2) is 8.53. The van der Waals surface area contributed by atoms with Gasteiger partial charge >= 0.3 is 12.2 Å². The Bertz CT molecular complexity index is 1100. The Labute approximate surface area is 184 Å². The number of carbonyl (C=O) groups excluding carboxylic acids is 1. The van der Waals surface area contributed by atoms with Crippen molar-refractivity contribution in [2.45, 2.75) is 18.6 Å². The Hall–Kier alpha value is -3.55. The first kappa shape index (κ1) is 21.7. The van der Waals surface area contributed by atoms with Gasteiger partial charge in [0.05, 0.1) is 11.3 Å². The molecule has 1 N–H and O–H groups in total. The number of rotatable bonds is 3. The Morgan fingerprint density at radius 1 is 1.06 bits per heavy atom. The molecule has 0 spiro atoms. The first-order chi connectivity index (χ1) is 15.2. The topological polar surface area (TPSA) is 48.5 Å². The molecule has 1 aromatic heterocycles. The average Bonchev–Trinajstić information content (AvgIpc) is 2.78. The molecule has 4 rings (SSSR count). The van der Waals surface area contributed by atoms with E-state index >= 15 is 0 Å². The molecule has 1 aliphatic rings. The molecule has 0 saturated heterocycles. The average molecular weight is 440 g/mol. The molecular weight excluding hydrogens is 417 g/mol. The van der Waals surface area contributed by atoms with E-state index < -0.39 is 17.8 Å². The van der Waals surface area contributed by atoms with E-state index in [1.807, 2.05) is 55.4 Å². The molecule has 166 valence electrons. The van der Waals surface area contributed by atoms with Gasteiger partial charge in [-0.2, -0.15) is 13.2 Å². The molecule has 0 bridgehead atoms. The van der Waals surface area contributed by atoms with Gasteiger partial charge in [0.1, 0.15) is 6.04 Å². The number of halogens is 3. The minimum absolute atomic E-state index is 0.330. The number of fused-ring (bicyclic) bond motifs is 1. The summed E-state index contributed by atoms with van der Waals surface area (Å²) in [5.41, 5.74) is 3.15. The van der Waals surface area contributed by atoms with Crippen LogP contribution in [0.25, 0.3) is 0 Å². The van der Waals surface area contributed by atoms with Crippen LogP contribution < -0.4 is 10.2 Å². The highest BCUT2D eigenvalue weighted by Gasteiger charge is 2.35. The minimum atomic E-state index is -4.42. The number of hydrogen-bond acceptors (Lipinski definition) is 3. The molecule has 1 atom stereocenters. The number of carbonyl (C=O) groups is 1. The van der Waals surface area contributed by atoms with E-state index in [9.17, 15) is 18.0 Å². The Morgan fingerprint density at radius 3 is 2.38 bits per heavy atom. The summed E-state index contributed by atoms with van der Waals surface area (Å²) in [5.74, 6) is 0. The zero-order valence-electron chi connectivity index (χ0n) is 17.7. The quantitative estimate of drug-likeness (QED) is 0.598. The van der Waals surface area contributed by atoms with Crippen molar-refractivity contribution in [3.8, 4) is 0 Å². The third-order valence-corrected chi connectivity index (χ3v) is 5.57. The zero-order valence-corrected chi connectivity index (χ0v) is 17.7. The second-order valence-electron chi connectivity index (χ2n) is 7.88. The lowest BCUT2D eigenvalue weighted by atomic mass is 9.92. The predicted octanol–water partition coefficient (Wildman–Crippen LogP) is 5.35. The van der Waals surface area contributed by atoms with Crippen LogP contribution in [-0.2, 0) is 12.6 Å². The van der Waals surface area contributed by atoms with Crippen molar-refractivity contribution in [1.82, 2.24) is 9.88 Å². The summed E-state index contributed by atoms with van der Waals surface area (Å²) < 4.78 is 39.1. The largest absolute Gasteiger partial charge is 0.416 e. The van der Waals surface area contributed by atoms with Crippen LogP contribution in [0.2, 0.25) is 0 Å². The van der Waals surface area contributed by atoms with Crippen molar-refractivity contribution >= 4 is 17.4 Å². The van der Waals surface area contributed by atoms with E-state index in [-0.39, 0.29) is 6.03 Å². The van der Waals surface area contributed by atoms with E-state index in [0.29, 0.717) is 29.9 Å². The van der Waals surface area contributed by atoms with Crippen LogP contribution in [0.5, 0.6) is 0 Å². The molecular formula is C24H23F3N4O. The maximum Gasteiger partial charge on any atom is 0.416 e. The number of amides is 2. The van der Waals surface area contributed by atoms with Gasteiger partial charge in [-0.25, -0.2) is 4.79 Å². The van der Waals surface area contributed by atoms with Gasteiger partial charge in [0.2, 0.25) is 0 Å². The van der Waals surface area contributed by atoms with Gasteiger partial charge in [-0.3, -0.25) is 4.98 Å². The summed E-state index contributed by atoms with van der Waals surface area (Å²) in [6, 6.07) is 15.2. The molecule has 2 amide bonds. The molecule has 0 fully saturated rings. The molecule has 0 unspecified atom stereocenters. The number of urea groups is 1. The van der Waals surface area contributed by atoms with Crippen molar-refractivity contribution in [2.75, 3.05) is 30.9 Å². The van der Waals surface area contributed by atoms with Crippen molar-refractivity contribution in [3.05, 3.63) is 89.2 Å². The summed E-state index contributed by atoms with van der Waals surface area (Å²) >= 11 is 0. The van der Waals surface area contributed by atoms with Gasteiger partial charge in [-0.15, -0.1) is 0 Å². The maximum atomic E-state index is 13.2. The Kier molecular flexibility index (Phi) is 5.78. The van der Waals surface area contributed by atoms with Crippen molar-refractivity contribution in [2.24, 2.45) is 0 Å². The van der Waals surface area contributed by atoms with Crippen LogP contribution in [0, 0.1) is 0 Å². The molecule has 3 aromatic rings. The van der Waals surface area contributed by atoms with Gasteiger partial charge in [0.25, 0.3) is 0 Å². The number of hydrogen-bond donors (Lipinski definition) is 1. The lowest BCUT2D eigenvalue weighted by molar-refractivity contribution is -0.137. The van der Waals surface area contributed by atoms with Crippen LogP contribution >= 0.6 is 0 Å². The highest BCUT2D eigenvalue weighted by molar-refractivity contribution is 5.90. The van der Waals surface area contributed by atoms with Gasteiger partial charge < -0.3 is 15.1 Å². The maximum absolute atomic E-state index is 13.2. The van der Waals surface area contributed by atoms with Crippen LogP contribution in [0.1, 0.15) is 28.4 Å². The van der Waals surface area contributed by atoms with E-state index in [4.69, 9.17) is 0 Å². The highest BCUT2D eigenvalue weighted by Crippen LogP contribution is 2.36. The van der Waals surface area contributed by atoms with Crippen molar-refractivity contribution in [3.63, 3.8) is 0 Å². The Balaban J connectivity index is 1.65. The Morgan fingerprint density at radius 2 is 1.75 bits per heavy atom. The van der Waals surface area contributed by atoms with Crippen LogP contribution in [0.15, 0.2) is 66.9 Å². The van der Waals surface area contributed by atoms with Gasteiger partial charge in [0.15, 0.2) is 0 Å². The number of benzene rings is 2. The summed E-state index contributed by atoms with van der Waals surface area (Å²) in [6.45, 7) is 0.423. The number of aromatic nitrogens is 1. The standard InChI is InChI=1S/C24H23F3N4O/c1-30(2)20-11-9-19(10-12-20)29-23(32)31-15-13-16-4-3-14-28-21(16)22(31)17-5-7-18(8-6-17)24(25,26)27/h3-12,14,22H,13,15H2,1-2H3,(H,29,32)/t22-/m1/s1. The number of nitrogens with one attached hydrogen (secondary N) is 1. The second-order valence-corrected chi connectivity index (χ2v) is 7.88. The van der Waals surface area contributed by atoms with Crippen LogP contribution in [-0.4, -0.2) is 36.6 Å². The fraction of sp³-hybridized carbons (Fsp3) is 0.250. The van der Waals surface area contributed by atoms with Gasteiger partial charge in [-0.1, -0.05) is 18.2 Å². The number of nitrogens with zero attached hydrogens (tertiary/aromatic N) is 3. The molecule has 1 aliphatic heterocycles. The van der Waals surface area contributed by atoms with E-state index in [2.05, 4.69) is 10.3 Å². The molecule has 0 saturated carbocycles. The minimum Gasteiger partial charge on any atom is -0.378 e. The first-order valence-corrected chi connectivity index (χ1v) is 10.2. The molecule has 2 heterocycles. The zero-order chi connectivity index (χ0) is 22.9. The summed E-state index contributed by atoms with van der Waals surface area (Å²) in [6.07, 6.45) is -2.17. The highest BCUT2D eigenvalue weighted by atomic mass is 19.4. The SMILES string of the molecule is CN(C)c1ccc(NC(=O)N2CCc3cccnc3[C@H]2c2ccc(C(F)(F)F)cc2)cc1. The third kappa shape index (κ3) is 4.39. The van der Waals surface area contributed by atoms with Crippen LogP contribution in [0.4, 0.5) is 29.3 Å². The monoisotopic (exact) mass is 440 g/mol. The lowest BCUT2D eigenvalue weighted by Gasteiger charge is -2.36. The van der Waals surface area contributed by atoms with Crippen molar-refractivity contribution < 1.29 is 18.0 Å². The van der Waals surface area contributed by atoms with E-state index in [1.165, 1.54) is 12.1 Å². The molecule has 0 aliphatic carbocycles. The van der Waals surface area contributed by atoms with Crippen LogP contribution in [0.3, 0.4) is 0 Å². The fourth-order valence-electron chi connectivity index (χ4n) is 3.88. The predicted molar refractivity (Wildman–Crippen MR) is 118 cm³/mol. The number of pyridine rings is 1.